The molecule has 1 aromatic heterocycles. The lowest BCUT2D eigenvalue weighted by Gasteiger charge is -2.48. The largest absolute Gasteiger partial charge is 0.471 e. The van der Waals surface area contributed by atoms with E-state index in [1.807, 2.05) is 36.4 Å². The number of fused-ring (bicyclic) bond motifs is 3. The molecule has 1 radical (unpaired) electrons. The van der Waals surface area contributed by atoms with Gasteiger partial charge in [0.25, 0.3) is 0 Å². The number of ether oxygens (including phenoxy) is 1. The maximum absolute atomic E-state index is 6.17. The van der Waals surface area contributed by atoms with E-state index in [2.05, 4.69) is 28.1 Å². The van der Waals surface area contributed by atoms with Crippen LogP contribution in [0.1, 0.15) is 19.8 Å². The first kappa shape index (κ1) is 13.7. The fourth-order valence-electron chi connectivity index (χ4n) is 3.68. The average Bonchev–Trinajstić information content (AvgIpc) is 2.60. The second-order valence-electron chi connectivity index (χ2n) is 6.25. The molecule has 22 heavy (non-hydrogen) atoms. The van der Waals surface area contributed by atoms with Crippen LogP contribution in [-0.4, -0.2) is 40.3 Å². The molecule has 0 aliphatic carbocycles. The van der Waals surface area contributed by atoms with Crippen LogP contribution in [0.15, 0.2) is 36.4 Å². The smallest absolute Gasteiger partial charge is 0.233 e. The van der Waals surface area contributed by atoms with Gasteiger partial charge in [-0.05, 0) is 57.0 Å². The van der Waals surface area contributed by atoms with Crippen LogP contribution in [-0.2, 0) is 0 Å². The number of nitrogens with zero attached hydrogens (tertiary/aromatic N) is 3. The number of aromatic nitrogens is 2. The van der Waals surface area contributed by atoms with E-state index in [4.69, 9.17) is 4.74 Å². The summed E-state index contributed by atoms with van der Waals surface area (Å²) in [5, 5.41) is 8.56. The zero-order valence-corrected chi connectivity index (χ0v) is 12.8. The van der Waals surface area contributed by atoms with E-state index in [0.29, 0.717) is 17.8 Å². The highest BCUT2D eigenvalue weighted by atomic mass is 16.5. The molecule has 3 fully saturated rings. The first-order chi connectivity index (χ1) is 10.8. The van der Waals surface area contributed by atoms with Crippen LogP contribution in [0.3, 0.4) is 0 Å². The van der Waals surface area contributed by atoms with E-state index in [0.717, 1.165) is 11.3 Å². The van der Waals surface area contributed by atoms with Crippen molar-refractivity contribution in [3.63, 3.8) is 0 Å². The van der Waals surface area contributed by atoms with Crippen LogP contribution in [0.5, 0.6) is 5.88 Å². The monoisotopic (exact) mass is 294 g/mol. The van der Waals surface area contributed by atoms with Crippen molar-refractivity contribution >= 4 is 0 Å². The summed E-state index contributed by atoms with van der Waals surface area (Å²) in [6, 6.07) is 15.2. The first-order valence-electron chi connectivity index (χ1n) is 8.02. The molecular formula is C18H20N3O. The Kier molecular flexibility index (Phi) is 3.54. The molecule has 2 atom stereocenters. The Balaban J connectivity index is 1.50. The molecule has 3 aliphatic rings. The summed E-state index contributed by atoms with van der Waals surface area (Å²) in [4.78, 5) is 2.52. The second kappa shape index (κ2) is 5.69. The van der Waals surface area contributed by atoms with Gasteiger partial charge < -0.3 is 4.74 Å². The van der Waals surface area contributed by atoms with Gasteiger partial charge in [0.15, 0.2) is 0 Å². The van der Waals surface area contributed by atoms with Crippen molar-refractivity contribution in [2.24, 2.45) is 5.92 Å². The summed E-state index contributed by atoms with van der Waals surface area (Å²) < 4.78 is 6.17. The molecule has 0 amide bonds. The number of rotatable bonds is 3. The second-order valence-corrected chi connectivity index (χ2v) is 6.25. The predicted octanol–water partition coefficient (Wildman–Crippen LogP) is 2.81. The van der Waals surface area contributed by atoms with Gasteiger partial charge in [0.05, 0.1) is 5.69 Å². The van der Waals surface area contributed by atoms with Crippen LogP contribution in [0.25, 0.3) is 11.3 Å². The van der Waals surface area contributed by atoms with Gasteiger partial charge in [0, 0.05) is 17.7 Å². The first-order valence-corrected chi connectivity index (χ1v) is 8.02. The fraction of sp³-hybridized carbons (Fsp3) is 0.444. The van der Waals surface area contributed by atoms with Crippen LogP contribution in [0.2, 0.25) is 0 Å². The Morgan fingerprint density at radius 3 is 2.68 bits per heavy atom. The van der Waals surface area contributed by atoms with E-state index in [-0.39, 0.29) is 6.10 Å². The maximum Gasteiger partial charge on any atom is 0.233 e. The Hall–Kier alpha value is -1.94. The highest BCUT2D eigenvalue weighted by Gasteiger charge is 2.41. The van der Waals surface area contributed by atoms with E-state index < -0.39 is 0 Å². The molecule has 5 rings (SSSR count). The fourth-order valence-corrected chi connectivity index (χ4v) is 3.68. The van der Waals surface area contributed by atoms with Crippen molar-refractivity contribution in [2.75, 3.05) is 13.1 Å². The standard InChI is InChI=1S/C18H20N3O/c1-13-18(15-9-11-21(13)12-10-15)22-17-8-7-16(19-20-17)14-5-3-2-4-6-14/h2-3,5-8,13,15,18H,9-12H2,1H3. The van der Waals surface area contributed by atoms with Crippen molar-refractivity contribution in [3.8, 4) is 17.1 Å². The van der Waals surface area contributed by atoms with Gasteiger partial charge in [-0.3, -0.25) is 4.90 Å². The highest BCUT2D eigenvalue weighted by Crippen LogP contribution is 2.34. The van der Waals surface area contributed by atoms with Crippen molar-refractivity contribution in [1.29, 1.82) is 0 Å². The summed E-state index contributed by atoms with van der Waals surface area (Å²) in [6.07, 6.45) is 2.72. The molecule has 4 heteroatoms. The summed E-state index contributed by atoms with van der Waals surface area (Å²) in [6.45, 7) is 4.68. The molecule has 3 saturated heterocycles. The van der Waals surface area contributed by atoms with Gasteiger partial charge >= 0.3 is 0 Å². The predicted molar refractivity (Wildman–Crippen MR) is 84.5 cm³/mol. The van der Waals surface area contributed by atoms with Crippen molar-refractivity contribution in [3.05, 3.63) is 42.5 Å². The molecule has 0 saturated carbocycles. The minimum Gasteiger partial charge on any atom is -0.471 e. The molecule has 4 nitrogen and oxygen atoms in total. The topological polar surface area (TPSA) is 38.3 Å². The van der Waals surface area contributed by atoms with Crippen molar-refractivity contribution in [2.45, 2.75) is 31.9 Å². The molecular weight excluding hydrogens is 274 g/mol. The van der Waals surface area contributed by atoms with Gasteiger partial charge in [-0.1, -0.05) is 18.2 Å². The SMILES string of the molecule is CC1C(Oc2ccc(-c3c[c]ccc3)nn2)C2CCN1CC2. The highest BCUT2D eigenvalue weighted by molar-refractivity contribution is 5.57. The summed E-state index contributed by atoms with van der Waals surface area (Å²) in [7, 11) is 0. The molecule has 0 spiro atoms. The lowest BCUT2D eigenvalue weighted by atomic mass is 9.81. The average molecular weight is 294 g/mol. The third-order valence-electron chi connectivity index (χ3n) is 4.99. The van der Waals surface area contributed by atoms with E-state index in [1.165, 1.54) is 25.9 Å². The maximum atomic E-state index is 6.17. The molecule has 2 bridgehead atoms. The Morgan fingerprint density at radius 2 is 2.05 bits per heavy atom. The lowest BCUT2D eigenvalue weighted by molar-refractivity contribution is -0.0528. The van der Waals surface area contributed by atoms with Crippen LogP contribution in [0, 0.1) is 12.0 Å². The molecule has 4 heterocycles. The van der Waals surface area contributed by atoms with Crippen LogP contribution < -0.4 is 4.74 Å². The van der Waals surface area contributed by atoms with E-state index in [1.54, 1.807) is 0 Å². The third kappa shape index (κ3) is 2.48. The number of piperidine rings is 3. The Morgan fingerprint density at radius 1 is 1.18 bits per heavy atom. The number of benzene rings is 1. The normalized spacial score (nSPS) is 30.2. The van der Waals surface area contributed by atoms with Gasteiger partial charge in [-0.25, -0.2) is 0 Å². The van der Waals surface area contributed by atoms with Crippen molar-refractivity contribution in [1.82, 2.24) is 15.1 Å². The molecule has 0 N–H and O–H groups in total. The Bertz CT molecular complexity index is 619. The van der Waals surface area contributed by atoms with Gasteiger partial charge in [-0.15, -0.1) is 10.2 Å². The quantitative estimate of drug-likeness (QED) is 0.872. The van der Waals surface area contributed by atoms with Gasteiger partial charge in [-0.2, -0.15) is 0 Å². The summed E-state index contributed by atoms with van der Waals surface area (Å²) >= 11 is 0. The van der Waals surface area contributed by atoms with Crippen LogP contribution in [0.4, 0.5) is 0 Å². The van der Waals surface area contributed by atoms with Gasteiger partial charge in [0.1, 0.15) is 6.10 Å². The molecule has 2 unspecified atom stereocenters. The molecule has 1 aromatic carbocycles. The van der Waals surface area contributed by atoms with E-state index >= 15 is 0 Å². The molecule has 2 aromatic rings. The summed E-state index contributed by atoms with van der Waals surface area (Å²) in [5.74, 6) is 1.29. The molecule has 3 aliphatic heterocycles. The lowest BCUT2D eigenvalue weighted by Crippen LogP contribution is -2.58. The third-order valence-corrected chi connectivity index (χ3v) is 4.99. The molecule has 113 valence electrons. The number of hydrogen-bond acceptors (Lipinski definition) is 4. The minimum atomic E-state index is 0.243. The van der Waals surface area contributed by atoms with Gasteiger partial charge in [0.2, 0.25) is 5.88 Å². The van der Waals surface area contributed by atoms with E-state index in [9.17, 15) is 0 Å². The Labute approximate surface area is 131 Å². The zero-order chi connectivity index (χ0) is 14.9. The van der Waals surface area contributed by atoms with Crippen molar-refractivity contribution < 1.29 is 4.74 Å². The zero-order valence-electron chi connectivity index (χ0n) is 12.8. The minimum absolute atomic E-state index is 0.243. The summed E-state index contributed by atoms with van der Waals surface area (Å²) in [5.41, 5.74) is 1.88. The number of hydrogen-bond donors (Lipinski definition) is 0. The van der Waals surface area contributed by atoms with Crippen LogP contribution >= 0.6 is 0 Å².